The zero-order chi connectivity index (χ0) is 17.3. The topological polar surface area (TPSA) is 85.8 Å². The van der Waals surface area contributed by atoms with Gasteiger partial charge in [-0.3, -0.25) is 9.48 Å². The van der Waals surface area contributed by atoms with Gasteiger partial charge in [0.2, 0.25) is 0 Å². The fourth-order valence-corrected chi connectivity index (χ4v) is 2.82. The molecule has 7 nitrogen and oxygen atoms in total. The third-order valence-corrected chi connectivity index (χ3v) is 3.93. The predicted octanol–water partition coefficient (Wildman–Crippen LogP) is 2.47. The number of rotatable bonds is 5. The summed E-state index contributed by atoms with van der Waals surface area (Å²) in [5.74, 6) is -0.134. The van der Waals surface area contributed by atoms with Gasteiger partial charge in [0.25, 0.3) is 11.6 Å². The van der Waals surface area contributed by atoms with E-state index in [0.29, 0.717) is 28.9 Å². The Hall–Kier alpha value is -2.70. The molecule has 0 aliphatic rings. The number of hydrogen-bond donors (Lipinski definition) is 1. The van der Waals surface area contributed by atoms with E-state index < -0.39 is 0 Å². The van der Waals surface area contributed by atoms with Gasteiger partial charge in [-0.15, -0.1) is 0 Å². The van der Waals surface area contributed by atoms with Gasteiger partial charge in [0.15, 0.2) is 0 Å². The van der Waals surface area contributed by atoms with Crippen LogP contribution in [0.5, 0.6) is 0 Å². The number of amides is 1. The van der Waals surface area contributed by atoms with Gasteiger partial charge in [-0.2, -0.15) is 5.10 Å². The summed E-state index contributed by atoms with van der Waals surface area (Å²) in [6, 6.07) is 3.81. The van der Waals surface area contributed by atoms with Crippen molar-refractivity contribution >= 4 is 17.0 Å². The number of carbonyl (C=O) groups is 1. The molecule has 7 heteroatoms. The predicted molar refractivity (Wildman–Crippen MR) is 89.9 cm³/mol. The minimum atomic E-state index is -0.134. The average molecular weight is 327 g/mol. The Balaban J connectivity index is 1.65. The number of aromatic nitrogens is 4. The second-order valence-corrected chi connectivity index (χ2v) is 6.02. The summed E-state index contributed by atoms with van der Waals surface area (Å²) in [7, 11) is 0. The van der Waals surface area contributed by atoms with E-state index in [1.807, 2.05) is 38.4 Å². The maximum atomic E-state index is 12.5. The Bertz CT molecular complexity index is 894. The van der Waals surface area contributed by atoms with Crippen LogP contribution in [0.15, 0.2) is 16.7 Å². The lowest BCUT2D eigenvalue weighted by atomic mass is 10.1. The molecule has 0 bridgehead atoms. The van der Waals surface area contributed by atoms with E-state index in [4.69, 9.17) is 4.52 Å². The fourth-order valence-electron chi connectivity index (χ4n) is 2.82. The largest absolute Gasteiger partial charge is 0.352 e. The Morgan fingerprint density at radius 2 is 2.00 bits per heavy atom. The number of fused-ring (bicyclic) bond motifs is 1. The summed E-state index contributed by atoms with van der Waals surface area (Å²) in [6.07, 6.45) is 0.809. The normalized spacial score (nSPS) is 11.2. The maximum Gasteiger partial charge on any atom is 0.258 e. The Morgan fingerprint density at radius 1 is 1.21 bits per heavy atom. The monoisotopic (exact) mass is 327 g/mol. The highest BCUT2D eigenvalue weighted by atomic mass is 16.5. The molecular weight excluding hydrogens is 306 g/mol. The third-order valence-electron chi connectivity index (χ3n) is 3.93. The summed E-state index contributed by atoms with van der Waals surface area (Å²) >= 11 is 0. The molecule has 0 saturated carbocycles. The number of nitrogens with one attached hydrogen (secondary N) is 1. The Kier molecular flexibility index (Phi) is 4.33. The lowest BCUT2D eigenvalue weighted by molar-refractivity contribution is 0.0954. The molecule has 0 spiro atoms. The van der Waals surface area contributed by atoms with Gasteiger partial charge in [0, 0.05) is 24.5 Å². The van der Waals surface area contributed by atoms with Crippen molar-refractivity contribution in [1.29, 1.82) is 0 Å². The van der Waals surface area contributed by atoms with Crippen molar-refractivity contribution < 1.29 is 9.32 Å². The van der Waals surface area contributed by atoms with Crippen molar-refractivity contribution in [2.75, 3.05) is 6.54 Å². The van der Waals surface area contributed by atoms with Crippen LogP contribution in [0.2, 0.25) is 0 Å². The van der Waals surface area contributed by atoms with Gasteiger partial charge in [-0.05, 0) is 46.2 Å². The second kappa shape index (κ2) is 6.43. The zero-order valence-corrected chi connectivity index (χ0v) is 14.4. The van der Waals surface area contributed by atoms with Crippen molar-refractivity contribution in [3.8, 4) is 0 Å². The minimum Gasteiger partial charge on any atom is -0.352 e. The van der Waals surface area contributed by atoms with Crippen molar-refractivity contribution in [1.82, 2.24) is 25.2 Å². The maximum absolute atomic E-state index is 12.5. The lowest BCUT2D eigenvalue weighted by Crippen LogP contribution is -2.26. The third kappa shape index (κ3) is 3.15. The van der Waals surface area contributed by atoms with Crippen LogP contribution in [0, 0.1) is 27.7 Å². The molecule has 126 valence electrons. The van der Waals surface area contributed by atoms with Crippen LogP contribution in [-0.4, -0.2) is 32.4 Å². The highest BCUT2D eigenvalue weighted by Crippen LogP contribution is 2.21. The molecule has 0 atom stereocenters. The van der Waals surface area contributed by atoms with Crippen LogP contribution in [-0.2, 0) is 6.54 Å². The molecule has 0 saturated heterocycles. The first-order valence-corrected chi connectivity index (χ1v) is 7.98. The molecule has 3 heterocycles. The van der Waals surface area contributed by atoms with Gasteiger partial charge in [0.1, 0.15) is 0 Å². The van der Waals surface area contributed by atoms with E-state index in [-0.39, 0.29) is 5.91 Å². The molecule has 24 heavy (non-hydrogen) atoms. The number of aryl methyl sites for hydroxylation is 5. The highest BCUT2D eigenvalue weighted by Gasteiger charge is 2.17. The summed E-state index contributed by atoms with van der Waals surface area (Å²) in [5, 5.41) is 11.9. The van der Waals surface area contributed by atoms with E-state index in [1.54, 1.807) is 6.07 Å². The molecule has 0 aliphatic carbocycles. The molecule has 0 radical (unpaired) electrons. The molecule has 3 aromatic rings. The number of hydrogen-bond acceptors (Lipinski definition) is 5. The summed E-state index contributed by atoms with van der Waals surface area (Å²) in [5.41, 5.74) is 4.50. The lowest BCUT2D eigenvalue weighted by Gasteiger charge is -2.08. The molecule has 0 aliphatic heterocycles. The average Bonchev–Trinajstić information content (AvgIpc) is 3.05. The quantitative estimate of drug-likeness (QED) is 0.728. The molecule has 3 aromatic heterocycles. The summed E-state index contributed by atoms with van der Waals surface area (Å²) < 4.78 is 7.13. The van der Waals surface area contributed by atoms with Crippen LogP contribution < -0.4 is 5.32 Å². The smallest absolute Gasteiger partial charge is 0.258 e. The van der Waals surface area contributed by atoms with Crippen LogP contribution in [0.25, 0.3) is 11.1 Å². The van der Waals surface area contributed by atoms with Gasteiger partial charge in [-0.1, -0.05) is 5.16 Å². The number of nitrogens with zero attached hydrogens (tertiary/aromatic N) is 4. The van der Waals surface area contributed by atoms with Crippen molar-refractivity contribution in [3.05, 3.63) is 40.5 Å². The van der Waals surface area contributed by atoms with E-state index in [1.165, 1.54) is 0 Å². The number of pyridine rings is 1. The Labute approximate surface area is 140 Å². The van der Waals surface area contributed by atoms with Crippen LogP contribution in [0.3, 0.4) is 0 Å². The molecule has 0 aromatic carbocycles. The van der Waals surface area contributed by atoms with E-state index >= 15 is 0 Å². The summed E-state index contributed by atoms with van der Waals surface area (Å²) in [4.78, 5) is 16.8. The Morgan fingerprint density at radius 3 is 2.71 bits per heavy atom. The van der Waals surface area contributed by atoms with Gasteiger partial charge >= 0.3 is 0 Å². The van der Waals surface area contributed by atoms with Crippen molar-refractivity contribution in [2.24, 2.45) is 0 Å². The highest BCUT2D eigenvalue weighted by molar-refractivity contribution is 6.05. The first kappa shape index (κ1) is 16.2. The SMILES string of the molecule is Cc1cc(C(=O)NCCCn2nc(C)cc2C)c2c(C)noc2n1. The van der Waals surface area contributed by atoms with Crippen LogP contribution in [0.4, 0.5) is 0 Å². The first-order chi connectivity index (χ1) is 11.5. The van der Waals surface area contributed by atoms with Gasteiger partial charge in [0.05, 0.1) is 22.3 Å². The van der Waals surface area contributed by atoms with E-state index in [9.17, 15) is 4.79 Å². The first-order valence-electron chi connectivity index (χ1n) is 7.98. The zero-order valence-electron chi connectivity index (χ0n) is 14.4. The van der Waals surface area contributed by atoms with Gasteiger partial charge < -0.3 is 9.84 Å². The molecule has 0 unspecified atom stereocenters. The number of carbonyl (C=O) groups excluding carboxylic acids is 1. The van der Waals surface area contributed by atoms with Crippen LogP contribution >= 0.6 is 0 Å². The van der Waals surface area contributed by atoms with Crippen LogP contribution in [0.1, 0.15) is 39.6 Å². The van der Waals surface area contributed by atoms with Gasteiger partial charge in [-0.25, -0.2) is 4.98 Å². The summed E-state index contributed by atoms with van der Waals surface area (Å²) in [6.45, 7) is 8.99. The van der Waals surface area contributed by atoms with Crippen molar-refractivity contribution in [3.63, 3.8) is 0 Å². The molecule has 0 fully saturated rings. The van der Waals surface area contributed by atoms with E-state index in [0.717, 1.165) is 30.0 Å². The standard InChI is InChI=1S/C17H21N5O2/c1-10-9-14(15-13(4)21-24-17(15)19-10)16(23)18-6-5-7-22-12(3)8-11(2)20-22/h8-9H,5-7H2,1-4H3,(H,18,23). The fraction of sp³-hybridized carbons (Fsp3) is 0.412. The molecule has 1 N–H and O–H groups in total. The van der Waals surface area contributed by atoms with Crippen molar-refractivity contribution in [2.45, 2.75) is 40.7 Å². The molecular formula is C17H21N5O2. The minimum absolute atomic E-state index is 0.134. The second-order valence-electron chi connectivity index (χ2n) is 6.02. The molecule has 1 amide bonds. The molecule has 3 rings (SSSR count). The van der Waals surface area contributed by atoms with E-state index in [2.05, 4.69) is 20.6 Å².